The first-order chi connectivity index (χ1) is 9.28. The van der Waals surface area contributed by atoms with Gasteiger partial charge in [-0.15, -0.1) is 0 Å². The monoisotopic (exact) mass is 258 g/mol. The molecule has 19 heavy (non-hydrogen) atoms. The van der Waals surface area contributed by atoms with Gasteiger partial charge < -0.3 is 11.1 Å². The Hall–Kier alpha value is -0.860. The molecule has 2 aliphatic rings. The van der Waals surface area contributed by atoms with Crippen molar-refractivity contribution in [2.75, 3.05) is 13.1 Å². The number of aryl methyl sites for hydroxylation is 1. The average molecular weight is 258 g/mol. The molecule has 1 aromatic rings. The van der Waals surface area contributed by atoms with Crippen LogP contribution in [0.15, 0.2) is 24.3 Å². The molecule has 0 amide bonds. The van der Waals surface area contributed by atoms with Gasteiger partial charge in [-0.05, 0) is 62.5 Å². The summed E-state index contributed by atoms with van der Waals surface area (Å²) in [5.74, 6) is 2.94. The van der Waals surface area contributed by atoms with Crippen LogP contribution in [0.4, 0.5) is 0 Å². The number of nitrogens with one attached hydrogen (secondary N) is 1. The summed E-state index contributed by atoms with van der Waals surface area (Å²) in [7, 11) is 0. The number of rotatable bonds is 7. The molecule has 2 fully saturated rings. The molecule has 2 aliphatic carbocycles. The van der Waals surface area contributed by atoms with Gasteiger partial charge in [-0.2, -0.15) is 0 Å². The summed E-state index contributed by atoms with van der Waals surface area (Å²) in [6, 6.07) is 9.10. The maximum absolute atomic E-state index is 5.95. The quantitative estimate of drug-likeness (QED) is 0.789. The molecule has 104 valence electrons. The lowest BCUT2D eigenvalue weighted by atomic mass is 9.96. The summed E-state index contributed by atoms with van der Waals surface area (Å²) >= 11 is 0. The third kappa shape index (κ3) is 3.37. The van der Waals surface area contributed by atoms with E-state index in [9.17, 15) is 0 Å². The van der Waals surface area contributed by atoms with E-state index in [0.29, 0.717) is 12.6 Å². The van der Waals surface area contributed by atoms with Crippen LogP contribution in [0.25, 0.3) is 0 Å². The van der Waals surface area contributed by atoms with Gasteiger partial charge in [0.15, 0.2) is 0 Å². The van der Waals surface area contributed by atoms with Gasteiger partial charge in [0.1, 0.15) is 0 Å². The first-order valence-corrected chi connectivity index (χ1v) is 7.78. The minimum Gasteiger partial charge on any atom is -0.329 e. The smallest absolute Gasteiger partial charge is 0.0444 e. The first-order valence-electron chi connectivity index (χ1n) is 7.78. The lowest BCUT2D eigenvalue weighted by molar-refractivity contribution is 0.357. The van der Waals surface area contributed by atoms with Crippen molar-refractivity contribution in [3.8, 4) is 0 Å². The summed E-state index contributed by atoms with van der Waals surface area (Å²) in [6.45, 7) is 3.97. The summed E-state index contributed by atoms with van der Waals surface area (Å²) in [6.07, 6.45) is 5.84. The SMILES string of the molecule is Cc1ccc(C(CN)NCC(C2CC2)C2CC2)cc1. The molecular weight excluding hydrogens is 232 g/mol. The van der Waals surface area contributed by atoms with E-state index in [-0.39, 0.29) is 0 Å². The second-order valence-corrected chi connectivity index (χ2v) is 6.45. The molecule has 0 radical (unpaired) electrons. The molecule has 2 heteroatoms. The van der Waals surface area contributed by atoms with Crippen LogP contribution in [0.2, 0.25) is 0 Å². The van der Waals surface area contributed by atoms with Gasteiger partial charge in [-0.3, -0.25) is 0 Å². The summed E-state index contributed by atoms with van der Waals surface area (Å²) < 4.78 is 0. The highest BCUT2D eigenvalue weighted by Crippen LogP contribution is 2.48. The van der Waals surface area contributed by atoms with Crippen molar-refractivity contribution in [3.63, 3.8) is 0 Å². The van der Waals surface area contributed by atoms with E-state index >= 15 is 0 Å². The van der Waals surface area contributed by atoms with Crippen LogP contribution in [0.5, 0.6) is 0 Å². The minimum absolute atomic E-state index is 0.320. The molecule has 1 atom stereocenters. The van der Waals surface area contributed by atoms with Crippen molar-refractivity contribution >= 4 is 0 Å². The number of benzene rings is 1. The fourth-order valence-corrected chi connectivity index (χ4v) is 3.18. The highest BCUT2D eigenvalue weighted by Gasteiger charge is 2.41. The molecule has 0 aliphatic heterocycles. The molecule has 1 aromatic carbocycles. The standard InChI is InChI=1S/C17H26N2/c1-12-2-4-15(5-3-12)17(10-18)19-11-16(13-6-7-13)14-8-9-14/h2-5,13-14,16-17,19H,6-11,18H2,1H3. The van der Waals surface area contributed by atoms with E-state index in [1.54, 1.807) is 0 Å². The second kappa shape index (κ2) is 5.64. The van der Waals surface area contributed by atoms with Gasteiger partial charge in [-0.1, -0.05) is 29.8 Å². The lowest BCUT2D eigenvalue weighted by Gasteiger charge is -2.22. The van der Waals surface area contributed by atoms with E-state index in [1.807, 2.05) is 0 Å². The zero-order chi connectivity index (χ0) is 13.2. The molecule has 0 heterocycles. The number of hydrogen-bond acceptors (Lipinski definition) is 2. The molecule has 0 spiro atoms. The van der Waals surface area contributed by atoms with Crippen molar-refractivity contribution in [1.29, 1.82) is 0 Å². The Labute approximate surface area is 116 Å². The van der Waals surface area contributed by atoms with Gasteiger partial charge in [0.25, 0.3) is 0 Å². The third-order valence-corrected chi connectivity index (χ3v) is 4.77. The fourth-order valence-electron chi connectivity index (χ4n) is 3.18. The first kappa shape index (κ1) is 13.1. The van der Waals surface area contributed by atoms with Gasteiger partial charge in [-0.25, -0.2) is 0 Å². The Morgan fingerprint density at radius 1 is 1.11 bits per heavy atom. The summed E-state index contributed by atoms with van der Waals surface area (Å²) in [5, 5.41) is 3.72. The van der Waals surface area contributed by atoms with Crippen LogP contribution in [0.3, 0.4) is 0 Å². The highest BCUT2D eigenvalue weighted by molar-refractivity contribution is 5.24. The fraction of sp³-hybridized carbons (Fsp3) is 0.647. The van der Waals surface area contributed by atoms with E-state index in [2.05, 4.69) is 36.5 Å². The van der Waals surface area contributed by atoms with Crippen molar-refractivity contribution in [2.24, 2.45) is 23.5 Å². The Kier molecular flexibility index (Phi) is 3.90. The van der Waals surface area contributed by atoms with Gasteiger partial charge in [0.2, 0.25) is 0 Å². The molecule has 0 aromatic heterocycles. The Balaban J connectivity index is 1.58. The topological polar surface area (TPSA) is 38.0 Å². The summed E-state index contributed by atoms with van der Waals surface area (Å²) in [5.41, 5.74) is 8.60. The lowest BCUT2D eigenvalue weighted by Crippen LogP contribution is -2.33. The normalized spacial score (nSPS) is 20.8. The highest BCUT2D eigenvalue weighted by atomic mass is 14.9. The molecule has 3 rings (SSSR count). The Morgan fingerprint density at radius 3 is 2.16 bits per heavy atom. The largest absolute Gasteiger partial charge is 0.329 e. The van der Waals surface area contributed by atoms with Crippen molar-refractivity contribution in [3.05, 3.63) is 35.4 Å². The van der Waals surface area contributed by atoms with Gasteiger partial charge >= 0.3 is 0 Å². The molecule has 1 unspecified atom stereocenters. The van der Waals surface area contributed by atoms with Gasteiger partial charge in [0, 0.05) is 12.6 Å². The summed E-state index contributed by atoms with van der Waals surface area (Å²) in [4.78, 5) is 0. The maximum Gasteiger partial charge on any atom is 0.0444 e. The molecule has 2 saturated carbocycles. The molecule has 0 bridgehead atoms. The van der Waals surface area contributed by atoms with E-state index in [0.717, 1.165) is 24.3 Å². The van der Waals surface area contributed by atoms with Crippen LogP contribution in [-0.2, 0) is 0 Å². The van der Waals surface area contributed by atoms with Crippen LogP contribution < -0.4 is 11.1 Å². The van der Waals surface area contributed by atoms with Crippen LogP contribution in [0, 0.1) is 24.7 Å². The van der Waals surface area contributed by atoms with E-state index in [1.165, 1.54) is 36.8 Å². The number of hydrogen-bond donors (Lipinski definition) is 2. The van der Waals surface area contributed by atoms with Crippen LogP contribution in [0.1, 0.15) is 42.9 Å². The van der Waals surface area contributed by atoms with Gasteiger partial charge in [0.05, 0.1) is 0 Å². The van der Waals surface area contributed by atoms with Crippen molar-refractivity contribution in [1.82, 2.24) is 5.32 Å². The second-order valence-electron chi connectivity index (χ2n) is 6.45. The third-order valence-electron chi connectivity index (χ3n) is 4.77. The molecular formula is C17H26N2. The predicted molar refractivity (Wildman–Crippen MR) is 79.9 cm³/mol. The van der Waals surface area contributed by atoms with Crippen molar-refractivity contribution < 1.29 is 0 Å². The van der Waals surface area contributed by atoms with Crippen molar-refractivity contribution in [2.45, 2.75) is 38.6 Å². The van der Waals surface area contributed by atoms with E-state index in [4.69, 9.17) is 5.73 Å². The Bertz CT molecular complexity index is 392. The molecule has 0 saturated heterocycles. The zero-order valence-corrected chi connectivity index (χ0v) is 11.9. The zero-order valence-electron chi connectivity index (χ0n) is 11.9. The van der Waals surface area contributed by atoms with Crippen LogP contribution >= 0.6 is 0 Å². The van der Waals surface area contributed by atoms with E-state index < -0.39 is 0 Å². The Morgan fingerprint density at radius 2 is 1.68 bits per heavy atom. The molecule has 3 N–H and O–H groups in total. The average Bonchev–Trinajstić information content (AvgIpc) is 3.28. The maximum atomic E-state index is 5.95. The number of nitrogens with two attached hydrogens (primary N) is 1. The minimum atomic E-state index is 0.320. The molecule has 2 nitrogen and oxygen atoms in total. The predicted octanol–water partition coefficient (Wildman–Crippen LogP) is 3.02. The van der Waals surface area contributed by atoms with Crippen LogP contribution in [-0.4, -0.2) is 13.1 Å².